The van der Waals surface area contributed by atoms with E-state index in [2.05, 4.69) is 20.4 Å². The first-order valence-electron chi connectivity index (χ1n) is 10.7. The van der Waals surface area contributed by atoms with E-state index in [0.717, 1.165) is 22.4 Å². The molecule has 10 heteroatoms. The standard InChI is InChI=1S/C23H23N5O4S/c1-14-21(15(2)32-27-14)33(30,31)28-13-5-8-20(28)23(29)24-17-11-9-16(10-12-17)22-25-18-6-3-4-7-19(18)26-22/h3-4,6-7,9-12,20H,5,8,13H2,1-2H3,(H,24,29)(H,25,26). The first-order valence-corrected chi connectivity index (χ1v) is 12.1. The summed E-state index contributed by atoms with van der Waals surface area (Å²) in [6, 6.07) is 14.3. The van der Waals surface area contributed by atoms with E-state index in [1.807, 2.05) is 36.4 Å². The number of H-pyrrole nitrogens is 1. The van der Waals surface area contributed by atoms with Crippen LogP contribution in [0.3, 0.4) is 0 Å². The van der Waals surface area contributed by atoms with Crippen LogP contribution < -0.4 is 5.32 Å². The Morgan fingerprint density at radius 3 is 2.61 bits per heavy atom. The predicted molar refractivity (Wildman–Crippen MR) is 123 cm³/mol. The number of sulfonamides is 1. The third-order valence-corrected chi connectivity index (χ3v) is 8.01. The number of para-hydroxylation sites is 2. The normalized spacial score (nSPS) is 17.0. The van der Waals surface area contributed by atoms with Crippen molar-refractivity contribution >= 4 is 32.7 Å². The van der Waals surface area contributed by atoms with Gasteiger partial charge in [-0.15, -0.1) is 0 Å². The van der Waals surface area contributed by atoms with Crippen molar-refractivity contribution in [2.75, 3.05) is 11.9 Å². The first kappa shape index (κ1) is 21.4. The van der Waals surface area contributed by atoms with Crippen molar-refractivity contribution in [1.82, 2.24) is 19.4 Å². The van der Waals surface area contributed by atoms with Gasteiger partial charge < -0.3 is 14.8 Å². The molecular formula is C23H23N5O4S. The molecule has 1 saturated heterocycles. The Hall–Kier alpha value is -3.50. The zero-order valence-corrected chi connectivity index (χ0v) is 19.0. The lowest BCUT2D eigenvalue weighted by molar-refractivity contribution is -0.119. The number of nitrogens with one attached hydrogen (secondary N) is 2. The molecule has 0 saturated carbocycles. The van der Waals surface area contributed by atoms with Crippen LogP contribution in [0.2, 0.25) is 0 Å². The molecule has 2 aromatic carbocycles. The highest BCUT2D eigenvalue weighted by molar-refractivity contribution is 7.89. The van der Waals surface area contributed by atoms with Gasteiger partial charge in [-0.2, -0.15) is 4.31 Å². The fourth-order valence-electron chi connectivity index (χ4n) is 4.28. The molecular weight excluding hydrogens is 442 g/mol. The molecule has 1 amide bonds. The van der Waals surface area contributed by atoms with Crippen molar-refractivity contribution in [3.63, 3.8) is 0 Å². The molecule has 4 aromatic rings. The molecule has 2 aromatic heterocycles. The van der Waals surface area contributed by atoms with Crippen LogP contribution in [0.5, 0.6) is 0 Å². The highest BCUT2D eigenvalue weighted by Crippen LogP contribution is 2.30. The molecule has 2 N–H and O–H groups in total. The summed E-state index contributed by atoms with van der Waals surface area (Å²) in [5.74, 6) is 0.598. The summed E-state index contributed by atoms with van der Waals surface area (Å²) in [6.07, 6.45) is 1.05. The van der Waals surface area contributed by atoms with Crippen LogP contribution in [-0.4, -0.2) is 46.3 Å². The predicted octanol–water partition coefficient (Wildman–Crippen LogP) is 3.63. The van der Waals surface area contributed by atoms with Gasteiger partial charge in [0, 0.05) is 17.8 Å². The van der Waals surface area contributed by atoms with Gasteiger partial charge in [0.25, 0.3) is 0 Å². The van der Waals surface area contributed by atoms with Gasteiger partial charge in [0.1, 0.15) is 22.5 Å². The largest absolute Gasteiger partial charge is 0.360 e. The fraction of sp³-hybridized carbons (Fsp3) is 0.261. The number of imidazole rings is 1. The zero-order valence-electron chi connectivity index (χ0n) is 18.2. The smallest absolute Gasteiger partial charge is 0.249 e. The summed E-state index contributed by atoms with van der Waals surface area (Å²) in [4.78, 5) is 20.9. The summed E-state index contributed by atoms with van der Waals surface area (Å²) in [5, 5.41) is 6.60. The van der Waals surface area contributed by atoms with Crippen LogP contribution in [-0.2, 0) is 14.8 Å². The van der Waals surface area contributed by atoms with E-state index < -0.39 is 16.1 Å². The summed E-state index contributed by atoms with van der Waals surface area (Å²) < 4.78 is 32.7. The highest BCUT2D eigenvalue weighted by atomic mass is 32.2. The summed E-state index contributed by atoms with van der Waals surface area (Å²) in [5.41, 5.74) is 3.59. The number of fused-ring (bicyclic) bond motifs is 1. The maximum absolute atomic E-state index is 13.2. The number of hydrogen-bond acceptors (Lipinski definition) is 6. The van der Waals surface area contributed by atoms with Crippen molar-refractivity contribution in [2.24, 2.45) is 0 Å². The number of nitrogens with zero attached hydrogens (tertiary/aromatic N) is 3. The van der Waals surface area contributed by atoms with E-state index in [-0.39, 0.29) is 23.1 Å². The molecule has 0 bridgehead atoms. The zero-order chi connectivity index (χ0) is 23.2. The summed E-state index contributed by atoms with van der Waals surface area (Å²) in [6.45, 7) is 3.41. The van der Waals surface area contributed by atoms with Gasteiger partial charge in [0.2, 0.25) is 15.9 Å². The van der Waals surface area contributed by atoms with E-state index in [1.165, 1.54) is 4.31 Å². The number of rotatable bonds is 5. The molecule has 0 spiro atoms. The van der Waals surface area contributed by atoms with Crippen LogP contribution >= 0.6 is 0 Å². The van der Waals surface area contributed by atoms with Gasteiger partial charge in [-0.05, 0) is 63.1 Å². The number of aromatic nitrogens is 3. The number of carbonyl (C=O) groups is 1. The van der Waals surface area contributed by atoms with Gasteiger partial charge in [-0.25, -0.2) is 13.4 Å². The molecule has 5 rings (SSSR count). The lowest BCUT2D eigenvalue weighted by Gasteiger charge is -2.23. The summed E-state index contributed by atoms with van der Waals surface area (Å²) >= 11 is 0. The highest BCUT2D eigenvalue weighted by Gasteiger charge is 2.41. The van der Waals surface area contributed by atoms with Crippen molar-refractivity contribution in [3.05, 3.63) is 60.0 Å². The van der Waals surface area contributed by atoms with Crippen molar-refractivity contribution in [3.8, 4) is 11.4 Å². The number of hydrogen-bond donors (Lipinski definition) is 2. The van der Waals surface area contributed by atoms with E-state index in [0.29, 0.717) is 24.2 Å². The lowest BCUT2D eigenvalue weighted by atomic mass is 10.1. The van der Waals surface area contributed by atoms with E-state index in [9.17, 15) is 13.2 Å². The molecule has 1 unspecified atom stereocenters. The molecule has 0 aliphatic carbocycles. The van der Waals surface area contributed by atoms with Gasteiger partial charge in [0.05, 0.1) is 11.0 Å². The average molecular weight is 466 g/mol. The Bertz CT molecular complexity index is 1390. The maximum Gasteiger partial charge on any atom is 0.249 e. The van der Waals surface area contributed by atoms with Gasteiger partial charge in [-0.1, -0.05) is 17.3 Å². The summed E-state index contributed by atoms with van der Waals surface area (Å²) in [7, 11) is -3.89. The van der Waals surface area contributed by atoms with Crippen LogP contribution in [0.15, 0.2) is 57.9 Å². The Kier molecular flexibility index (Phi) is 5.26. The number of benzene rings is 2. The third kappa shape index (κ3) is 3.81. The second-order valence-corrected chi connectivity index (χ2v) is 9.92. The molecule has 33 heavy (non-hydrogen) atoms. The van der Waals surface area contributed by atoms with Crippen LogP contribution in [0.25, 0.3) is 22.4 Å². The topological polar surface area (TPSA) is 121 Å². The van der Waals surface area contributed by atoms with Gasteiger partial charge in [0.15, 0.2) is 5.76 Å². The maximum atomic E-state index is 13.2. The first-order chi connectivity index (χ1) is 15.8. The average Bonchev–Trinajstić information content (AvgIpc) is 3.52. The molecule has 1 atom stereocenters. The Morgan fingerprint density at radius 1 is 1.15 bits per heavy atom. The van der Waals surface area contributed by atoms with Crippen LogP contribution in [0, 0.1) is 13.8 Å². The van der Waals surface area contributed by atoms with E-state index >= 15 is 0 Å². The number of aromatic amines is 1. The SMILES string of the molecule is Cc1noc(C)c1S(=O)(=O)N1CCCC1C(=O)Nc1ccc(-c2nc3ccccc3[nH]2)cc1. The quantitative estimate of drug-likeness (QED) is 0.464. The molecule has 3 heterocycles. The van der Waals surface area contributed by atoms with Crippen molar-refractivity contribution < 1.29 is 17.7 Å². The second kappa shape index (κ2) is 8.13. The number of amides is 1. The molecule has 0 radical (unpaired) electrons. The Balaban J connectivity index is 1.33. The minimum absolute atomic E-state index is 0.0392. The van der Waals surface area contributed by atoms with Gasteiger partial charge in [-0.3, -0.25) is 4.79 Å². The molecule has 1 aliphatic rings. The van der Waals surface area contributed by atoms with Crippen LogP contribution in [0.4, 0.5) is 5.69 Å². The van der Waals surface area contributed by atoms with Crippen molar-refractivity contribution in [2.45, 2.75) is 37.6 Å². The third-order valence-electron chi connectivity index (χ3n) is 5.86. The van der Waals surface area contributed by atoms with E-state index in [1.54, 1.807) is 26.0 Å². The Morgan fingerprint density at radius 2 is 1.91 bits per heavy atom. The Labute approximate surface area is 190 Å². The van der Waals surface area contributed by atoms with E-state index in [4.69, 9.17) is 4.52 Å². The number of carbonyl (C=O) groups excluding carboxylic acids is 1. The lowest BCUT2D eigenvalue weighted by Crippen LogP contribution is -2.43. The molecule has 1 fully saturated rings. The molecule has 170 valence electrons. The number of aryl methyl sites for hydroxylation is 2. The molecule has 9 nitrogen and oxygen atoms in total. The van der Waals surface area contributed by atoms with Crippen LogP contribution in [0.1, 0.15) is 24.3 Å². The minimum Gasteiger partial charge on any atom is -0.360 e. The number of anilines is 1. The fourth-order valence-corrected chi connectivity index (χ4v) is 6.23. The second-order valence-electron chi connectivity index (χ2n) is 8.10. The minimum atomic E-state index is -3.89. The molecule has 1 aliphatic heterocycles. The van der Waals surface area contributed by atoms with Gasteiger partial charge >= 0.3 is 0 Å². The monoisotopic (exact) mass is 465 g/mol. The van der Waals surface area contributed by atoms with Crippen molar-refractivity contribution in [1.29, 1.82) is 0 Å².